The molecular formula is C13H20ClN3O. The molecule has 1 aromatic rings. The fourth-order valence-corrected chi connectivity index (χ4v) is 1.96. The fraction of sp³-hybridized carbons (Fsp3) is 0.538. The third kappa shape index (κ3) is 5.47. The van der Waals surface area contributed by atoms with Gasteiger partial charge in [0.2, 0.25) is 5.91 Å². The van der Waals surface area contributed by atoms with Crippen LogP contribution in [0.15, 0.2) is 18.3 Å². The van der Waals surface area contributed by atoms with Gasteiger partial charge in [-0.3, -0.25) is 4.79 Å². The Hall–Kier alpha value is -1.13. The molecule has 5 heteroatoms. The van der Waals surface area contributed by atoms with Gasteiger partial charge in [0.05, 0.1) is 0 Å². The second kappa shape index (κ2) is 8.06. The first kappa shape index (κ1) is 14.9. The smallest absolute Gasteiger partial charge is 0.225 e. The first-order valence-corrected chi connectivity index (χ1v) is 6.65. The summed E-state index contributed by atoms with van der Waals surface area (Å²) in [7, 11) is 0. The molecule has 0 fully saturated rings. The summed E-state index contributed by atoms with van der Waals surface area (Å²) in [6, 6.07) is 3.31. The van der Waals surface area contributed by atoms with Crippen LogP contribution in [0.2, 0.25) is 5.02 Å². The minimum absolute atomic E-state index is 0.0276. The highest BCUT2D eigenvalue weighted by molar-refractivity contribution is 6.30. The summed E-state index contributed by atoms with van der Waals surface area (Å²) in [4.78, 5) is 15.7. The Morgan fingerprint density at radius 3 is 2.94 bits per heavy atom. The summed E-state index contributed by atoms with van der Waals surface area (Å²) in [5, 5.41) is 3.30. The molecule has 0 aliphatic heterocycles. The fourth-order valence-electron chi connectivity index (χ4n) is 1.80. The molecule has 1 heterocycles. The van der Waals surface area contributed by atoms with Crippen LogP contribution in [-0.2, 0) is 4.79 Å². The lowest BCUT2D eigenvalue weighted by Crippen LogP contribution is -2.15. The molecular weight excluding hydrogens is 250 g/mol. The molecule has 100 valence electrons. The van der Waals surface area contributed by atoms with E-state index in [1.54, 1.807) is 18.3 Å². The van der Waals surface area contributed by atoms with E-state index in [1.165, 1.54) is 0 Å². The van der Waals surface area contributed by atoms with E-state index in [0.717, 1.165) is 19.3 Å². The van der Waals surface area contributed by atoms with Crippen molar-refractivity contribution >= 4 is 23.3 Å². The summed E-state index contributed by atoms with van der Waals surface area (Å²) in [5.74, 6) is 0.993. The van der Waals surface area contributed by atoms with Crippen LogP contribution >= 0.6 is 11.6 Å². The number of halogens is 1. The Bertz CT molecular complexity index is 384. The van der Waals surface area contributed by atoms with Gasteiger partial charge in [0, 0.05) is 17.6 Å². The predicted octanol–water partition coefficient (Wildman–Crippen LogP) is 2.83. The number of anilines is 1. The van der Waals surface area contributed by atoms with Crippen molar-refractivity contribution in [1.82, 2.24) is 4.98 Å². The first-order valence-electron chi connectivity index (χ1n) is 6.27. The molecule has 0 radical (unpaired) electrons. The lowest BCUT2D eigenvalue weighted by atomic mass is 9.96. The average Bonchev–Trinajstić information content (AvgIpc) is 2.34. The molecule has 3 N–H and O–H groups in total. The second-order valence-corrected chi connectivity index (χ2v) is 4.73. The van der Waals surface area contributed by atoms with Gasteiger partial charge in [0.25, 0.3) is 0 Å². The van der Waals surface area contributed by atoms with Crippen LogP contribution in [0.25, 0.3) is 0 Å². The maximum atomic E-state index is 11.7. The third-order valence-electron chi connectivity index (χ3n) is 2.92. The van der Waals surface area contributed by atoms with Gasteiger partial charge >= 0.3 is 0 Å². The largest absolute Gasteiger partial charge is 0.330 e. The standard InChI is InChI=1S/C13H20ClN3O/c1-2-10(5-7-15)3-4-13(18)17-12-9-11(14)6-8-16-12/h6,8-10H,2-5,7,15H2,1H3,(H,16,17,18). The molecule has 1 atom stereocenters. The van der Waals surface area contributed by atoms with Crippen LogP contribution in [0.4, 0.5) is 5.82 Å². The van der Waals surface area contributed by atoms with Gasteiger partial charge in [-0.2, -0.15) is 0 Å². The molecule has 0 aromatic carbocycles. The molecule has 0 spiro atoms. The van der Waals surface area contributed by atoms with E-state index in [4.69, 9.17) is 17.3 Å². The Morgan fingerprint density at radius 1 is 1.56 bits per heavy atom. The number of rotatable bonds is 7. The maximum absolute atomic E-state index is 11.7. The minimum atomic E-state index is -0.0276. The number of nitrogens with two attached hydrogens (primary N) is 1. The molecule has 0 saturated heterocycles. The van der Waals surface area contributed by atoms with Crippen LogP contribution < -0.4 is 11.1 Å². The van der Waals surface area contributed by atoms with Crippen molar-refractivity contribution < 1.29 is 4.79 Å². The van der Waals surface area contributed by atoms with Crippen LogP contribution in [0.5, 0.6) is 0 Å². The Labute approximate surface area is 113 Å². The van der Waals surface area contributed by atoms with Crippen molar-refractivity contribution in [2.24, 2.45) is 11.7 Å². The Balaban J connectivity index is 2.37. The lowest BCUT2D eigenvalue weighted by Gasteiger charge is -2.12. The van der Waals surface area contributed by atoms with E-state index in [-0.39, 0.29) is 5.91 Å². The van der Waals surface area contributed by atoms with E-state index < -0.39 is 0 Å². The van der Waals surface area contributed by atoms with Crippen molar-refractivity contribution in [3.63, 3.8) is 0 Å². The predicted molar refractivity (Wildman–Crippen MR) is 74.6 cm³/mol. The molecule has 1 amide bonds. The lowest BCUT2D eigenvalue weighted by molar-refractivity contribution is -0.116. The molecule has 0 bridgehead atoms. The van der Waals surface area contributed by atoms with E-state index in [1.807, 2.05) is 0 Å². The number of hydrogen-bond donors (Lipinski definition) is 2. The van der Waals surface area contributed by atoms with Crippen LogP contribution in [0.3, 0.4) is 0 Å². The molecule has 0 aliphatic rings. The molecule has 18 heavy (non-hydrogen) atoms. The number of carbonyl (C=O) groups excluding carboxylic acids is 1. The van der Waals surface area contributed by atoms with Crippen molar-refractivity contribution in [3.05, 3.63) is 23.4 Å². The monoisotopic (exact) mass is 269 g/mol. The summed E-state index contributed by atoms with van der Waals surface area (Å²) < 4.78 is 0. The zero-order chi connectivity index (χ0) is 13.4. The number of aromatic nitrogens is 1. The topological polar surface area (TPSA) is 68.0 Å². The Morgan fingerprint density at radius 2 is 2.33 bits per heavy atom. The SMILES string of the molecule is CCC(CCN)CCC(=O)Nc1cc(Cl)ccn1. The molecule has 1 unspecified atom stereocenters. The molecule has 1 aromatic heterocycles. The van der Waals surface area contributed by atoms with Gasteiger partial charge in [0.15, 0.2) is 0 Å². The Kier molecular flexibility index (Phi) is 6.68. The highest BCUT2D eigenvalue weighted by Gasteiger charge is 2.09. The molecule has 1 rings (SSSR count). The molecule has 0 saturated carbocycles. The zero-order valence-corrected chi connectivity index (χ0v) is 11.4. The molecule has 4 nitrogen and oxygen atoms in total. The van der Waals surface area contributed by atoms with Gasteiger partial charge < -0.3 is 11.1 Å². The number of nitrogens with zero attached hydrogens (tertiary/aromatic N) is 1. The van der Waals surface area contributed by atoms with Gasteiger partial charge in [-0.1, -0.05) is 24.9 Å². The van der Waals surface area contributed by atoms with Gasteiger partial charge in [-0.05, 0) is 37.4 Å². The number of pyridine rings is 1. The number of amides is 1. The normalized spacial score (nSPS) is 12.2. The highest BCUT2D eigenvalue weighted by Crippen LogP contribution is 2.16. The maximum Gasteiger partial charge on any atom is 0.225 e. The summed E-state index contributed by atoms with van der Waals surface area (Å²) in [6.45, 7) is 2.80. The molecule has 0 aliphatic carbocycles. The van der Waals surface area contributed by atoms with Crippen LogP contribution in [-0.4, -0.2) is 17.4 Å². The zero-order valence-electron chi connectivity index (χ0n) is 10.7. The highest BCUT2D eigenvalue weighted by atomic mass is 35.5. The van der Waals surface area contributed by atoms with Crippen molar-refractivity contribution in [2.75, 3.05) is 11.9 Å². The average molecular weight is 270 g/mol. The van der Waals surface area contributed by atoms with Gasteiger partial charge in [-0.15, -0.1) is 0 Å². The van der Waals surface area contributed by atoms with Crippen molar-refractivity contribution in [2.45, 2.75) is 32.6 Å². The van der Waals surface area contributed by atoms with Gasteiger partial charge in [-0.25, -0.2) is 4.98 Å². The summed E-state index contributed by atoms with van der Waals surface area (Å²) in [6.07, 6.45) is 4.95. The van der Waals surface area contributed by atoms with Crippen LogP contribution in [0.1, 0.15) is 32.6 Å². The third-order valence-corrected chi connectivity index (χ3v) is 3.16. The van der Waals surface area contributed by atoms with E-state index in [9.17, 15) is 4.79 Å². The second-order valence-electron chi connectivity index (χ2n) is 4.30. The van der Waals surface area contributed by atoms with Gasteiger partial charge in [0.1, 0.15) is 5.82 Å². The van der Waals surface area contributed by atoms with E-state index >= 15 is 0 Å². The number of nitrogens with one attached hydrogen (secondary N) is 1. The number of carbonyl (C=O) groups is 1. The minimum Gasteiger partial charge on any atom is -0.330 e. The van der Waals surface area contributed by atoms with Crippen LogP contribution in [0, 0.1) is 5.92 Å². The summed E-state index contributed by atoms with van der Waals surface area (Å²) in [5.41, 5.74) is 5.53. The van der Waals surface area contributed by atoms with Crippen molar-refractivity contribution in [3.8, 4) is 0 Å². The summed E-state index contributed by atoms with van der Waals surface area (Å²) >= 11 is 5.81. The van der Waals surface area contributed by atoms with E-state index in [0.29, 0.717) is 29.7 Å². The first-order chi connectivity index (χ1) is 8.65. The quantitative estimate of drug-likeness (QED) is 0.800. The van der Waals surface area contributed by atoms with Crippen molar-refractivity contribution in [1.29, 1.82) is 0 Å². The van der Waals surface area contributed by atoms with E-state index in [2.05, 4.69) is 17.2 Å². The number of hydrogen-bond acceptors (Lipinski definition) is 3.